The van der Waals surface area contributed by atoms with Crippen LogP contribution in [0, 0.1) is 0 Å². The molecule has 3 rings (SSSR count). The number of aromatic nitrogens is 1. The summed E-state index contributed by atoms with van der Waals surface area (Å²) in [5.41, 5.74) is 1.34. The highest BCUT2D eigenvalue weighted by Crippen LogP contribution is 2.34. The van der Waals surface area contributed by atoms with Crippen molar-refractivity contribution in [3.8, 4) is 23.1 Å². The summed E-state index contributed by atoms with van der Waals surface area (Å²) >= 11 is 0. The lowest BCUT2D eigenvalue weighted by molar-refractivity contribution is 0.185. The minimum Gasteiger partial charge on any atom is -0.497 e. The number of aliphatic hydroxyl groups excluding tert-OH is 1. The largest absolute Gasteiger partial charge is 0.497 e. The molecule has 0 aliphatic heterocycles. The third kappa shape index (κ3) is 5.39. The predicted octanol–water partition coefficient (Wildman–Crippen LogP) is 4.58. The molecule has 0 saturated heterocycles. The first-order chi connectivity index (χ1) is 14.6. The van der Waals surface area contributed by atoms with Crippen LogP contribution in [0.1, 0.15) is 12.5 Å². The van der Waals surface area contributed by atoms with Crippen molar-refractivity contribution in [3.05, 3.63) is 72.4 Å². The van der Waals surface area contributed by atoms with Gasteiger partial charge in [-0.15, -0.1) is 0 Å². The Kier molecular flexibility index (Phi) is 7.45. The summed E-state index contributed by atoms with van der Waals surface area (Å²) < 4.78 is 29.5. The monoisotopic (exact) mass is 412 g/mol. The van der Waals surface area contributed by atoms with Crippen LogP contribution in [0.5, 0.6) is 23.1 Å². The standard InChI is InChI=1S/C23H25FN2O4/c1-17(27)26(16-18-15-20(28-2)10-11-22(18)29-14-12-24)21-9-6-13-25-23(21)30-19-7-4-3-5-8-19/h3-11,13,15,17,27H,12,14,16H2,1-2H3. The maximum absolute atomic E-state index is 12.6. The van der Waals surface area contributed by atoms with Gasteiger partial charge in [-0.2, -0.15) is 0 Å². The molecule has 0 spiro atoms. The molecule has 1 N–H and O–H groups in total. The van der Waals surface area contributed by atoms with Crippen LogP contribution in [-0.2, 0) is 6.54 Å². The highest BCUT2D eigenvalue weighted by atomic mass is 19.1. The van der Waals surface area contributed by atoms with Crippen LogP contribution in [-0.4, -0.2) is 36.7 Å². The number of nitrogens with zero attached hydrogens (tertiary/aromatic N) is 2. The molecule has 1 heterocycles. The van der Waals surface area contributed by atoms with Gasteiger partial charge in [0, 0.05) is 18.3 Å². The Morgan fingerprint density at radius 3 is 2.57 bits per heavy atom. The third-order valence-corrected chi connectivity index (χ3v) is 4.41. The molecule has 2 aromatic carbocycles. The van der Waals surface area contributed by atoms with E-state index in [0.717, 1.165) is 5.56 Å². The second-order valence-electron chi connectivity index (χ2n) is 6.51. The fraction of sp³-hybridized carbons (Fsp3) is 0.261. The number of anilines is 1. The van der Waals surface area contributed by atoms with E-state index >= 15 is 0 Å². The number of ether oxygens (including phenoxy) is 3. The number of benzene rings is 2. The first kappa shape index (κ1) is 21.4. The lowest BCUT2D eigenvalue weighted by atomic mass is 10.1. The number of hydrogen-bond donors (Lipinski definition) is 1. The zero-order chi connectivity index (χ0) is 21.3. The molecule has 7 heteroatoms. The van der Waals surface area contributed by atoms with Gasteiger partial charge < -0.3 is 24.2 Å². The number of alkyl halides is 1. The summed E-state index contributed by atoms with van der Waals surface area (Å²) in [6, 6.07) is 18.2. The molecule has 1 aromatic heterocycles. The normalized spacial score (nSPS) is 11.6. The third-order valence-electron chi connectivity index (χ3n) is 4.41. The van der Waals surface area contributed by atoms with Crippen LogP contribution in [0.25, 0.3) is 0 Å². The van der Waals surface area contributed by atoms with Gasteiger partial charge in [0.1, 0.15) is 42.4 Å². The van der Waals surface area contributed by atoms with Gasteiger partial charge in [0.25, 0.3) is 0 Å². The van der Waals surface area contributed by atoms with E-state index < -0.39 is 12.9 Å². The van der Waals surface area contributed by atoms with Crippen molar-refractivity contribution in [2.45, 2.75) is 19.7 Å². The van der Waals surface area contributed by atoms with Crippen LogP contribution in [0.3, 0.4) is 0 Å². The Morgan fingerprint density at radius 2 is 1.87 bits per heavy atom. The second kappa shape index (κ2) is 10.5. The van der Waals surface area contributed by atoms with E-state index in [1.165, 1.54) is 0 Å². The molecular weight excluding hydrogens is 387 g/mol. The maximum atomic E-state index is 12.6. The van der Waals surface area contributed by atoms with Gasteiger partial charge >= 0.3 is 0 Å². The van der Waals surface area contributed by atoms with Crippen LogP contribution in [0.4, 0.5) is 10.1 Å². The van der Waals surface area contributed by atoms with Gasteiger partial charge in [-0.25, -0.2) is 9.37 Å². The number of rotatable bonds is 10. The number of halogens is 1. The zero-order valence-corrected chi connectivity index (χ0v) is 17.0. The molecule has 3 aromatic rings. The molecule has 0 amide bonds. The average molecular weight is 412 g/mol. The van der Waals surface area contributed by atoms with Crippen molar-refractivity contribution in [2.24, 2.45) is 0 Å². The van der Waals surface area contributed by atoms with E-state index in [2.05, 4.69) is 4.98 Å². The number of hydrogen-bond acceptors (Lipinski definition) is 6. The van der Waals surface area contributed by atoms with Crippen molar-refractivity contribution < 1.29 is 23.7 Å². The minimum atomic E-state index is -0.854. The zero-order valence-electron chi connectivity index (χ0n) is 17.0. The van der Waals surface area contributed by atoms with Gasteiger partial charge in [-0.3, -0.25) is 0 Å². The van der Waals surface area contributed by atoms with E-state index in [4.69, 9.17) is 14.2 Å². The van der Waals surface area contributed by atoms with Crippen LogP contribution >= 0.6 is 0 Å². The number of pyridine rings is 1. The Morgan fingerprint density at radius 1 is 1.07 bits per heavy atom. The molecule has 158 valence electrons. The quantitative estimate of drug-likeness (QED) is 0.492. The summed E-state index contributed by atoms with van der Waals surface area (Å²) in [5, 5.41) is 10.5. The van der Waals surface area contributed by atoms with Crippen LogP contribution < -0.4 is 19.1 Å². The maximum Gasteiger partial charge on any atom is 0.243 e. The summed E-state index contributed by atoms with van der Waals surface area (Å²) in [7, 11) is 1.57. The molecular formula is C23H25FN2O4. The molecule has 6 nitrogen and oxygen atoms in total. The summed E-state index contributed by atoms with van der Waals surface area (Å²) in [5.74, 6) is 2.15. The lowest BCUT2D eigenvalue weighted by Gasteiger charge is -2.29. The van der Waals surface area contributed by atoms with Gasteiger partial charge in [0.2, 0.25) is 5.88 Å². The smallest absolute Gasteiger partial charge is 0.243 e. The minimum absolute atomic E-state index is 0.0523. The number of aliphatic hydroxyl groups is 1. The summed E-state index contributed by atoms with van der Waals surface area (Å²) in [6.07, 6.45) is 0.774. The van der Waals surface area contributed by atoms with Crippen molar-refractivity contribution in [2.75, 3.05) is 25.3 Å². The molecule has 0 saturated carbocycles. The van der Waals surface area contributed by atoms with Crippen molar-refractivity contribution >= 4 is 5.69 Å². The molecule has 0 bridgehead atoms. The topological polar surface area (TPSA) is 64.1 Å². The molecule has 1 atom stereocenters. The van der Waals surface area contributed by atoms with Crippen LogP contribution in [0.2, 0.25) is 0 Å². The fourth-order valence-electron chi connectivity index (χ4n) is 2.98. The second-order valence-corrected chi connectivity index (χ2v) is 6.51. The van der Waals surface area contributed by atoms with Crippen molar-refractivity contribution in [1.82, 2.24) is 4.98 Å². The summed E-state index contributed by atoms with van der Waals surface area (Å²) in [4.78, 5) is 6.07. The molecule has 0 fully saturated rings. The fourth-order valence-corrected chi connectivity index (χ4v) is 2.98. The Hall–Kier alpha value is -3.32. The van der Waals surface area contributed by atoms with Gasteiger partial charge in [-0.05, 0) is 49.4 Å². The van der Waals surface area contributed by atoms with Gasteiger partial charge in [0.15, 0.2) is 0 Å². The highest BCUT2D eigenvalue weighted by molar-refractivity contribution is 5.57. The first-order valence-electron chi connectivity index (χ1n) is 9.60. The van der Waals surface area contributed by atoms with Crippen molar-refractivity contribution in [1.29, 1.82) is 0 Å². The molecule has 0 aliphatic carbocycles. The van der Waals surface area contributed by atoms with Crippen molar-refractivity contribution in [3.63, 3.8) is 0 Å². The molecule has 30 heavy (non-hydrogen) atoms. The SMILES string of the molecule is COc1ccc(OCCF)c(CN(c2cccnc2Oc2ccccc2)C(C)O)c1. The van der Waals surface area contributed by atoms with E-state index in [1.54, 1.807) is 49.4 Å². The molecule has 0 radical (unpaired) electrons. The highest BCUT2D eigenvalue weighted by Gasteiger charge is 2.20. The molecule has 0 aliphatic rings. The average Bonchev–Trinajstić information content (AvgIpc) is 2.77. The van der Waals surface area contributed by atoms with E-state index in [9.17, 15) is 9.50 Å². The number of methoxy groups -OCH3 is 1. The van der Waals surface area contributed by atoms with Gasteiger partial charge in [0.05, 0.1) is 7.11 Å². The predicted molar refractivity (Wildman–Crippen MR) is 113 cm³/mol. The summed E-state index contributed by atoms with van der Waals surface area (Å²) in [6.45, 7) is 1.28. The number of para-hydroxylation sites is 1. The Labute approximate surface area is 175 Å². The van der Waals surface area contributed by atoms with E-state index in [0.29, 0.717) is 28.8 Å². The van der Waals surface area contributed by atoms with E-state index in [-0.39, 0.29) is 13.2 Å². The molecule has 1 unspecified atom stereocenters. The Balaban J connectivity index is 1.94. The Bertz CT molecular complexity index is 937. The van der Waals surface area contributed by atoms with Gasteiger partial charge in [-0.1, -0.05) is 18.2 Å². The van der Waals surface area contributed by atoms with E-state index in [1.807, 2.05) is 36.4 Å². The lowest BCUT2D eigenvalue weighted by Crippen LogP contribution is -2.32. The first-order valence-corrected chi connectivity index (χ1v) is 9.60. The van der Waals surface area contributed by atoms with Crippen LogP contribution in [0.15, 0.2) is 66.9 Å².